The lowest BCUT2D eigenvalue weighted by atomic mass is 10.4. The van der Waals surface area contributed by atoms with Gasteiger partial charge in [-0.1, -0.05) is 11.6 Å². The summed E-state index contributed by atoms with van der Waals surface area (Å²) in [5, 5.41) is 0.456. The number of halogens is 2. The van der Waals surface area contributed by atoms with Crippen LogP contribution in [-0.4, -0.2) is 13.4 Å². The average molecular weight is 348 g/mol. The number of hydrogen-bond donors (Lipinski definition) is 1. The zero-order valence-electron chi connectivity index (χ0n) is 8.97. The van der Waals surface area contributed by atoms with E-state index in [1.807, 2.05) is 0 Å². The van der Waals surface area contributed by atoms with E-state index < -0.39 is 10.0 Å². The number of hydrogen-bond acceptors (Lipinski definition) is 3. The molecule has 2 rings (SSSR count). The van der Waals surface area contributed by atoms with Crippen molar-refractivity contribution in [3.05, 3.63) is 52.2 Å². The van der Waals surface area contributed by atoms with E-state index in [0.717, 1.165) is 0 Å². The van der Waals surface area contributed by atoms with Crippen LogP contribution in [0.1, 0.15) is 0 Å². The molecule has 0 unspecified atom stereocenters. The Kier molecular flexibility index (Phi) is 3.89. The summed E-state index contributed by atoms with van der Waals surface area (Å²) >= 11 is 9.01. The first kappa shape index (κ1) is 13.3. The van der Waals surface area contributed by atoms with Gasteiger partial charge in [-0.2, -0.15) is 0 Å². The van der Waals surface area contributed by atoms with Crippen molar-refractivity contribution in [2.75, 3.05) is 4.72 Å². The van der Waals surface area contributed by atoms with Gasteiger partial charge in [0.2, 0.25) is 0 Å². The summed E-state index contributed by atoms with van der Waals surface area (Å²) in [4.78, 5) is 3.95. The fourth-order valence-electron chi connectivity index (χ4n) is 1.28. The van der Waals surface area contributed by atoms with Gasteiger partial charge in [0.05, 0.1) is 15.6 Å². The number of nitrogens with one attached hydrogen (secondary N) is 1. The molecule has 1 aromatic carbocycles. The van der Waals surface area contributed by atoms with Gasteiger partial charge < -0.3 is 0 Å². The fraction of sp³-hybridized carbons (Fsp3) is 0. The number of benzene rings is 1. The molecule has 0 fully saturated rings. The van der Waals surface area contributed by atoms with Crippen LogP contribution in [0.25, 0.3) is 0 Å². The Hall–Kier alpha value is -1.11. The molecule has 0 aliphatic heterocycles. The largest absolute Gasteiger partial charge is 0.280 e. The first-order chi connectivity index (χ1) is 8.49. The Bertz CT molecular complexity index is 662. The molecule has 7 heteroatoms. The highest BCUT2D eigenvalue weighted by atomic mass is 79.9. The van der Waals surface area contributed by atoms with Crippen molar-refractivity contribution in [2.45, 2.75) is 4.90 Å². The maximum Gasteiger partial charge on any atom is 0.261 e. The highest BCUT2D eigenvalue weighted by Gasteiger charge is 2.15. The van der Waals surface area contributed by atoms with Crippen molar-refractivity contribution in [2.24, 2.45) is 0 Å². The molecule has 18 heavy (non-hydrogen) atoms. The van der Waals surface area contributed by atoms with Crippen LogP contribution in [0.4, 0.5) is 5.69 Å². The van der Waals surface area contributed by atoms with Crippen LogP contribution in [0.2, 0.25) is 5.02 Å². The van der Waals surface area contributed by atoms with Gasteiger partial charge >= 0.3 is 0 Å². The van der Waals surface area contributed by atoms with Crippen molar-refractivity contribution in [3.8, 4) is 0 Å². The number of anilines is 1. The summed E-state index contributed by atoms with van der Waals surface area (Å²) in [6.45, 7) is 0. The standard InChI is InChI=1S/C11H8BrClN2O2S/c12-10-7-9(1-2-11(10)13)18(16,17)15-8-3-5-14-6-4-8/h1-7H,(H,14,15). The van der Waals surface area contributed by atoms with Gasteiger partial charge in [0.15, 0.2) is 0 Å². The minimum atomic E-state index is -3.62. The Morgan fingerprint density at radius 3 is 2.44 bits per heavy atom. The molecule has 0 aliphatic rings. The third kappa shape index (κ3) is 3.01. The lowest BCUT2D eigenvalue weighted by molar-refractivity contribution is 0.601. The van der Waals surface area contributed by atoms with Crippen molar-refractivity contribution in [3.63, 3.8) is 0 Å². The Morgan fingerprint density at radius 1 is 1.17 bits per heavy atom. The van der Waals surface area contributed by atoms with Gasteiger partial charge in [-0.3, -0.25) is 9.71 Å². The fourth-order valence-corrected chi connectivity index (χ4v) is 3.01. The molecule has 1 aromatic heterocycles. The number of aromatic nitrogens is 1. The van der Waals surface area contributed by atoms with Crippen molar-refractivity contribution < 1.29 is 8.42 Å². The second-order valence-corrected chi connectivity index (χ2v) is 6.36. The molecule has 1 N–H and O–H groups in total. The van der Waals surface area contributed by atoms with Crippen molar-refractivity contribution in [1.29, 1.82) is 0 Å². The topological polar surface area (TPSA) is 59.1 Å². The minimum Gasteiger partial charge on any atom is -0.280 e. The molecule has 0 radical (unpaired) electrons. The average Bonchev–Trinajstić information content (AvgIpc) is 2.33. The maximum atomic E-state index is 12.1. The van der Waals surface area contributed by atoms with Crippen molar-refractivity contribution >= 4 is 43.2 Å². The predicted octanol–water partition coefficient (Wildman–Crippen LogP) is 3.30. The Morgan fingerprint density at radius 2 is 1.83 bits per heavy atom. The number of rotatable bonds is 3. The second-order valence-electron chi connectivity index (χ2n) is 3.42. The predicted molar refractivity (Wildman–Crippen MR) is 74.2 cm³/mol. The van der Waals surface area contributed by atoms with Crippen LogP contribution in [0, 0.1) is 0 Å². The van der Waals surface area contributed by atoms with Gasteiger partial charge in [-0.25, -0.2) is 8.42 Å². The Labute approximate surface area is 118 Å². The second kappa shape index (κ2) is 5.26. The van der Waals surface area contributed by atoms with Crippen LogP contribution in [-0.2, 0) is 10.0 Å². The lowest BCUT2D eigenvalue weighted by Gasteiger charge is -2.08. The van der Waals surface area contributed by atoms with Crippen LogP contribution in [0.15, 0.2) is 52.1 Å². The zero-order chi connectivity index (χ0) is 13.2. The molecule has 2 aromatic rings. The van der Waals surface area contributed by atoms with Crippen molar-refractivity contribution in [1.82, 2.24) is 4.98 Å². The molecule has 0 spiro atoms. The molecule has 0 amide bonds. The van der Waals surface area contributed by atoms with Crippen LogP contribution < -0.4 is 4.72 Å². The minimum absolute atomic E-state index is 0.135. The van der Waals surface area contributed by atoms with E-state index in [9.17, 15) is 8.42 Å². The van der Waals surface area contributed by atoms with Gasteiger partial charge in [-0.05, 0) is 46.3 Å². The van der Waals surface area contributed by atoms with Gasteiger partial charge in [-0.15, -0.1) is 0 Å². The summed E-state index contributed by atoms with van der Waals surface area (Å²) in [6, 6.07) is 7.56. The van der Waals surface area contributed by atoms with Gasteiger partial charge in [0, 0.05) is 16.9 Å². The number of nitrogens with zero attached hydrogens (tertiary/aromatic N) is 1. The molecule has 0 bridgehead atoms. The molecular weight excluding hydrogens is 340 g/mol. The van der Waals surface area contributed by atoms with Crippen LogP contribution in [0.5, 0.6) is 0 Å². The van der Waals surface area contributed by atoms with E-state index >= 15 is 0 Å². The quantitative estimate of drug-likeness (QED) is 0.927. The lowest BCUT2D eigenvalue weighted by Crippen LogP contribution is -2.12. The number of pyridine rings is 1. The molecule has 0 saturated heterocycles. The van der Waals surface area contributed by atoms with E-state index in [0.29, 0.717) is 15.2 Å². The van der Waals surface area contributed by atoms with E-state index in [2.05, 4.69) is 25.6 Å². The van der Waals surface area contributed by atoms with E-state index in [1.54, 1.807) is 12.1 Å². The normalized spacial score (nSPS) is 11.2. The molecule has 0 saturated carbocycles. The SMILES string of the molecule is O=S(=O)(Nc1ccncc1)c1ccc(Cl)c(Br)c1. The molecule has 0 atom stereocenters. The van der Waals surface area contributed by atoms with E-state index in [4.69, 9.17) is 11.6 Å². The molecule has 0 aliphatic carbocycles. The first-order valence-corrected chi connectivity index (χ1v) is 7.52. The smallest absolute Gasteiger partial charge is 0.261 e. The zero-order valence-corrected chi connectivity index (χ0v) is 12.1. The summed E-state index contributed by atoms with van der Waals surface area (Å²) in [7, 11) is -3.62. The third-order valence-electron chi connectivity index (χ3n) is 2.13. The van der Waals surface area contributed by atoms with Gasteiger partial charge in [0.1, 0.15) is 0 Å². The monoisotopic (exact) mass is 346 g/mol. The molecule has 1 heterocycles. The van der Waals surface area contributed by atoms with Crippen LogP contribution in [0.3, 0.4) is 0 Å². The van der Waals surface area contributed by atoms with E-state index in [1.165, 1.54) is 30.6 Å². The highest BCUT2D eigenvalue weighted by Crippen LogP contribution is 2.26. The maximum absolute atomic E-state index is 12.1. The highest BCUT2D eigenvalue weighted by molar-refractivity contribution is 9.10. The van der Waals surface area contributed by atoms with Gasteiger partial charge in [0.25, 0.3) is 10.0 Å². The summed E-state index contributed by atoms with van der Waals surface area (Å²) in [6.07, 6.45) is 3.02. The van der Waals surface area contributed by atoms with Crippen LogP contribution >= 0.6 is 27.5 Å². The summed E-state index contributed by atoms with van der Waals surface area (Å²) in [5.74, 6) is 0. The first-order valence-electron chi connectivity index (χ1n) is 4.87. The summed E-state index contributed by atoms with van der Waals surface area (Å²) in [5.41, 5.74) is 0.455. The van der Waals surface area contributed by atoms with E-state index in [-0.39, 0.29) is 4.90 Å². The Balaban J connectivity index is 2.34. The summed E-state index contributed by atoms with van der Waals surface area (Å²) < 4.78 is 27.1. The molecule has 94 valence electrons. The third-order valence-corrected chi connectivity index (χ3v) is 4.73. The molecule has 4 nitrogen and oxygen atoms in total. The number of sulfonamides is 1. The molecular formula is C11H8BrClN2O2S.